The Kier molecular flexibility index (Phi) is 6.86. The van der Waals surface area contributed by atoms with Crippen LogP contribution in [0, 0.1) is 0 Å². The first-order chi connectivity index (χ1) is 13.6. The quantitative estimate of drug-likeness (QED) is 0.535. The van der Waals surface area contributed by atoms with Crippen LogP contribution >= 0.6 is 11.3 Å². The molecule has 0 bridgehead atoms. The van der Waals surface area contributed by atoms with E-state index in [1.54, 1.807) is 25.2 Å². The van der Waals surface area contributed by atoms with Gasteiger partial charge in [-0.1, -0.05) is 33.8 Å². The molecular weight excluding hydrogens is 382 g/mol. The number of thiophene rings is 1. The van der Waals surface area contributed by atoms with Gasteiger partial charge in [0.2, 0.25) is 0 Å². The van der Waals surface area contributed by atoms with E-state index in [1.165, 1.54) is 27.8 Å². The third kappa shape index (κ3) is 5.09. The lowest BCUT2D eigenvalue weighted by Gasteiger charge is -2.25. The van der Waals surface area contributed by atoms with E-state index in [1.807, 2.05) is 11.4 Å². The summed E-state index contributed by atoms with van der Waals surface area (Å²) in [5, 5.41) is 26.2. The molecule has 1 unspecified atom stereocenters. The van der Waals surface area contributed by atoms with Gasteiger partial charge in [-0.3, -0.25) is 5.32 Å². The monoisotopic (exact) mass is 417 g/mol. The van der Waals surface area contributed by atoms with Gasteiger partial charge in [0.1, 0.15) is 6.23 Å². The van der Waals surface area contributed by atoms with E-state index in [2.05, 4.69) is 39.1 Å². The number of rotatable bonds is 8. The zero-order valence-electron chi connectivity index (χ0n) is 18.5. The van der Waals surface area contributed by atoms with Crippen LogP contribution < -0.4 is 5.32 Å². The molecule has 2 aromatic rings. The summed E-state index contributed by atoms with van der Waals surface area (Å²) in [6.07, 6.45) is -0.0454. The van der Waals surface area contributed by atoms with Gasteiger partial charge in [-0.15, -0.1) is 11.3 Å². The highest BCUT2D eigenvalue weighted by Crippen LogP contribution is 2.37. The highest BCUT2D eigenvalue weighted by Gasteiger charge is 2.26. The van der Waals surface area contributed by atoms with Crippen LogP contribution in [0.25, 0.3) is 0 Å². The number of ether oxygens (including phenoxy) is 1. The minimum absolute atomic E-state index is 0.387. The van der Waals surface area contributed by atoms with Crippen LogP contribution in [-0.2, 0) is 36.5 Å². The molecule has 1 aromatic carbocycles. The van der Waals surface area contributed by atoms with E-state index in [0.717, 1.165) is 10.4 Å². The summed E-state index contributed by atoms with van der Waals surface area (Å²) in [6.45, 7) is 14.4. The van der Waals surface area contributed by atoms with Crippen molar-refractivity contribution in [3.63, 3.8) is 0 Å². The first kappa shape index (κ1) is 22.4. The van der Waals surface area contributed by atoms with Gasteiger partial charge in [0.15, 0.2) is 0 Å². The van der Waals surface area contributed by atoms with Crippen molar-refractivity contribution in [2.45, 2.75) is 91.4 Å². The van der Waals surface area contributed by atoms with Crippen molar-refractivity contribution in [2.24, 2.45) is 0 Å². The molecular formula is C24H35NO3S. The minimum Gasteiger partial charge on any atom is -0.386 e. The summed E-state index contributed by atoms with van der Waals surface area (Å²) < 4.78 is 5.74. The lowest BCUT2D eigenvalue weighted by molar-refractivity contribution is 0.0790. The Balaban J connectivity index is 1.79. The van der Waals surface area contributed by atoms with Crippen molar-refractivity contribution in [1.82, 2.24) is 5.32 Å². The average molecular weight is 418 g/mol. The fourth-order valence-corrected chi connectivity index (χ4v) is 5.15. The number of fused-ring (bicyclic) bond motifs is 1. The van der Waals surface area contributed by atoms with Crippen molar-refractivity contribution < 1.29 is 14.9 Å². The summed E-state index contributed by atoms with van der Waals surface area (Å²) >= 11 is 1.61. The Bertz CT molecular complexity index is 849. The molecule has 0 radical (unpaired) electrons. The molecule has 0 saturated carbocycles. The molecule has 0 aliphatic carbocycles. The van der Waals surface area contributed by atoms with Gasteiger partial charge in [0, 0.05) is 17.8 Å². The van der Waals surface area contributed by atoms with E-state index >= 15 is 0 Å². The maximum Gasteiger partial charge on any atom is 0.109 e. The molecule has 2 heterocycles. The molecule has 160 valence electrons. The van der Waals surface area contributed by atoms with E-state index in [4.69, 9.17) is 4.74 Å². The van der Waals surface area contributed by atoms with Crippen LogP contribution in [0.15, 0.2) is 17.5 Å². The summed E-state index contributed by atoms with van der Waals surface area (Å²) in [5.74, 6) is 0.783. The van der Waals surface area contributed by atoms with Crippen LogP contribution in [0.1, 0.15) is 91.6 Å². The third-order valence-electron chi connectivity index (χ3n) is 5.69. The lowest BCUT2D eigenvalue weighted by Crippen LogP contribution is -2.31. The van der Waals surface area contributed by atoms with Gasteiger partial charge < -0.3 is 14.9 Å². The van der Waals surface area contributed by atoms with Crippen molar-refractivity contribution >= 4 is 11.3 Å². The molecule has 3 rings (SSSR count). The Labute approximate surface area is 178 Å². The van der Waals surface area contributed by atoms with Gasteiger partial charge in [0.05, 0.1) is 18.8 Å². The van der Waals surface area contributed by atoms with Crippen LogP contribution in [0.2, 0.25) is 0 Å². The molecule has 0 saturated heterocycles. The van der Waals surface area contributed by atoms with Gasteiger partial charge in [-0.2, -0.15) is 0 Å². The molecule has 1 atom stereocenters. The summed E-state index contributed by atoms with van der Waals surface area (Å²) in [4.78, 5) is 1.11. The van der Waals surface area contributed by atoms with Crippen LogP contribution in [0.5, 0.6) is 0 Å². The topological polar surface area (TPSA) is 61.7 Å². The average Bonchev–Trinajstić information content (AvgIpc) is 3.27. The summed E-state index contributed by atoms with van der Waals surface area (Å²) in [6, 6.07) is 4.30. The summed E-state index contributed by atoms with van der Waals surface area (Å²) in [7, 11) is 0. The molecule has 5 heteroatoms. The molecule has 0 spiro atoms. The van der Waals surface area contributed by atoms with Crippen molar-refractivity contribution in [3.05, 3.63) is 55.8 Å². The smallest absolute Gasteiger partial charge is 0.109 e. The van der Waals surface area contributed by atoms with E-state index in [9.17, 15) is 10.2 Å². The Hall–Kier alpha value is -1.24. The number of nitrogens with one attached hydrogen (secondary N) is 1. The fraction of sp³-hybridized carbons (Fsp3) is 0.583. The predicted octanol–water partition coefficient (Wildman–Crippen LogP) is 4.90. The maximum absolute atomic E-state index is 10.8. The standard InChI is InChI=1S/C24H35NO3S/c1-14(2)19-7-16-11-28-12-21(16)23(15(3)4)20(19)9-22(26)25-10-18-8-17(13-29-18)24(5,6)27/h7-8,13-15,22,25-27H,9-12H2,1-6H3. The molecule has 4 nitrogen and oxygen atoms in total. The zero-order chi connectivity index (χ0) is 21.3. The van der Waals surface area contributed by atoms with Gasteiger partial charge in [0.25, 0.3) is 0 Å². The molecule has 3 N–H and O–H groups in total. The second kappa shape index (κ2) is 8.86. The molecule has 0 amide bonds. The lowest BCUT2D eigenvalue weighted by atomic mass is 9.82. The number of hydrogen-bond acceptors (Lipinski definition) is 5. The van der Waals surface area contributed by atoms with Gasteiger partial charge in [-0.05, 0) is 70.5 Å². The van der Waals surface area contributed by atoms with E-state index in [0.29, 0.717) is 38.0 Å². The van der Waals surface area contributed by atoms with E-state index in [-0.39, 0.29) is 0 Å². The number of aliphatic hydroxyl groups is 2. The highest BCUT2D eigenvalue weighted by atomic mass is 32.1. The van der Waals surface area contributed by atoms with Crippen molar-refractivity contribution in [2.75, 3.05) is 0 Å². The Morgan fingerprint density at radius 2 is 1.86 bits per heavy atom. The fourth-order valence-electron chi connectivity index (χ4n) is 4.15. The molecule has 0 fully saturated rings. The third-order valence-corrected chi connectivity index (χ3v) is 6.63. The second-order valence-corrected chi connectivity index (χ2v) is 10.3. The number of hydrogen-bond donors (Lipinski definition) is 3. The molecule has 29 heavy (non-hydrogen) atoms. The predicted molar refractivity (Wildman–Crippen MR) is 119 cm³/mol. The molecule has 1 aliphatic heterocycles. The normalized spacial score (nSPS) is 15.4. The summed E-state index contributed by atoms with van der Waals surface area (Å²) in [5.41, 5.74) is 6.64. The molecule has 1 aromatic heterocycles. The van der Waals surface area contributed by atoms with Crippen molar-refractivity contribution in [1.29, 1.82) is 0 Å². The van der Waals surface area contributed by atoms with E-state index < -0.39 is 11.8 Å². The second-order valence-electron chi connectivity index (χ2n) is 9.26. The molecule has 1 aliphatic rings. The zero-order valence-corrected chi connectivity index (χ0v) is 19.3. The first-order valence-electron chi connectivity index (χ1n) is 10.5. The van der Waals surface area contributed by atoms with Gasteiger partial charge >= 0.3 is 0 Å². The number of benzene rings is 1. The van der Waals surface area contributed by atoms with Gasteiger partial charge in [-0.25, -0.2) is 0 Å². The van der Waals surface area contributed by atoms with Crippen molar-refractivity contribution in [3.8, 4) is 0 Å². The SMILES string of the molecule is CC(C)c1cc2c(c(C(C)C)c1CC(O)NCc1cc(C(C)(C)O)cs1)COC2. The maximum atomic E-state index is 10.8. The Morgan fingerprint density at radius 3 is 2.45 bits per heavy atom. The van der Waals surface area contributed by atoms with Crippen LogP contribution in [0.3, 0.4) is 0 Å². The minimum atomic E-state index is -0.835. The van der Waals surface area contributed by atoms with Crippen LogP contribution in [-0.4, -0.2) is 16.4 Å². The van der Waals surface area contributed by atoms with Crippen LogP contribution in [0.4, 0.5) is 0 Å². The Morgan fingerprint density at radius 1 is 1.14 bits per heavy atom. The largest absolute Gasteiger partial charge is 0.386 e. The highest BCUT2D eigenvalue weighted by molar-refractivity contribution is 7.10. The number of aliphatic hydroxyl groups excluding tert-OH is 1. The first-order valence-corrected chi connectivity index (χ1v) is 11.4.